The Balaban J connectivity index is 0.00000150. The van der Waals surface area contributed by atoms with E-state index in [4.69, 9.17) is 15.3 Å². The molecule has 0 spiro atoms. The predicted molar refractivity (Wildman–Crippen MR) is 64.2 cm³/mol. The first-order valence-corrected chi connectivity index (χ1v) is 6.67. The second-order valence-electron chi connectivity index (χ2n) is 5.69. The predicted octanol–water partition coefficient (Wildman–Crippen LogP) is 3.78. The van der Waals surface area contributed by atoms with E-state index in [0.717, 1.165) is 6.08 Å². The van der Waals surface area contributed by atoms with Crippen molar-refractivity contribution in [3.8, 4) is 0 Å². The molecule has 1 saturated carbocycles. The first kappa shape index (κ1) is 28.1. The molecule has 3 N–H and O–H groups in total. The minimum atomic E-state index is -8.17. The second kappa shape index (κ2) is 7.10. The van der Waals surface area contributed by atoms with Crippen LogP contribution < -0.4 is 0 Å². The number of aliphatic hydroxyl groups is 2. The summed E-state index contributed by atoms with van der Waals surface area (Å²) in [5.41, 5.74) is 0. The number of carboxylic acids is 1. The van der Waals surface area contributed by atoms with E-state index >= 15 is 0 Å². The van der Waals surface area contributed by atoms with Crippen LogP contribution in [0.4, 0.5) is 61.5 Å². The zero-order chi connectivity index (χ0) is 25.0. The van der Waals surface area contributed by atoms with E-state index in [1.165, 1.54) is 0 Å². The van der Waals surface area contributed by atoms with Crippen LogP contribution in [-0.4, -0.2) is 68.5 Å². The maximum absolute atomic E-state index is 13.2. The fourth-order valence-electron chi connectivity index (χ4n) is 1.80. The minimum absolute atomic E-state index is 0.833. The first-order valence-electron chi connectivity index (χ1n) is 6.67. The Labute approximate surface area is 155 Å². The first-order chi connectivity index (χ1) is 12.7. The average molecular weight is 482 g/mol. The Bertz CT molecular complexity index is 636. The molecular formula is C12H8F14O4. The minimum Gasteiger partial charge on any atom is -0.478 e. The summed E-state index contributed by atoms with van der Waals surface area (Å²) in [6.45, 7) is 2.96. The molecule has 0 bridgehead atoms. The summed E-state index contributed by atoms with van der Waals surface area (Å²) < 4.78 is 183. The zero-order valence-corrected chi connectivity index (χ0v) is 13.5. The third-order valence-electron chi connectivity index (χ3n) is 3.58. The van der Waals surface area contributed by atoms with Gasteiger partial charge in [-0.15, -0.1) is 0 Å². The highest BCUT2D eigenvalue weighted by Crippen LogP contribution is 2.66. The Morgan fingerprint density at radius 3 is 1.13 bits per heavy atom. The van der Waals surface area contributed by atoms with Crippen molar-refractivity contribution in [3.63, 3.8) is 0 Å². The zero-order valence-electron chi connectivity index (χ0n) is 13.5. The quantitative estimate of drug-likeness (QED) is 0.302. The van der Waals surface area contributed by atoms with Gasteiger partial charge < -0.3 is 15.3 Å². The maximum atomic E-state index is 13.2. The highest BCUT2D eigenvalue weighted by atomic mass is 19.4. The molecule has 0 aliphatic heterocycles. The summed E-state index contributed by atoms with van der Waals surface area (Å²) in [5, 5.41) is 24.6. The van der Waals surface area contributed by atoms with Gasteiger partial charge in [-0.2, -0.15) is 61.5 Å². The van der Waals surface area contributed by atoms with Crippen molar-refractivity contribution in [2.45, 2.75) is 53.7 Å². The molecule has 178 valence electrons. The van der Waals surface area contributed by atoms with E-state index in [9.17, 15) is 66.3 Å². The second-order valence-corrected chi connectivity index (χ2v) is 5.69. The summed E-state index contributed by atoms with van der Waals surface area (Å²) in [4.78, 5) is 9.25. The van der Waals surface area contributed by atoms with Crippen molar-refractivity contribution in [1.82, 2.24) is 0 Å². The van der Waals surface area contributed by atoms with Gasteiger partial charge in [0.25, 0.3) is 0 Å². The monoisotopic (exact) mass is 482 g/mol. The molecule has 0 heterocycles. The normalized spacial score (nSPS) is 29.1. The number of aliphatic carboxylic acids is 1. The lowest BCUT2D eigenvalue weighted by Crippen LogP contribution is -2.73. The lowest BCUT2D eigenvalue weighted by Gasteiger charge is -2.41. The summed E-state index contributed by atoms with van der Waals surface area (Å²) in [5.74, 6) is -61.3. The van der Waals surface area contributed by atoms with Crippen LogP contribution in [0.1, 0.15) is 6.42 Å². The van der Waals surface area contributed by atoms with E-state index in [1.54, 1.807) is 0 Å². The van der Waals surface area contributed by atoms with Gasteiger partial charge in [-0.3, -0.25) is 0 Å². The van der Waals surface area contributed by atoms with Crippen LogP contribution in [0.5, 0.6) is 0 Å². The molecule has 0 aromatic carbocycles. The average Bonchev–Trinajstić information content (AvgIpc) is 2.52. The van der Waals surface area contributed by atoms with Crippen molar-refractivity contribution >= 4 is 5.97 Å². The van der Waals surface area contributed by atoms with Crippen LogP contribution in [0.25, 0.3) is 0 Å². The third-order valence-corrected chi connectivity index (χ3v) is 3.58. The molecule has 18 heteroatoms. The van der Waals surface area contributed by atoms with Crippen molar-refractivity contribution in [1.29, 1.82) is 0 Å². The number of hydrogen-bond acceptors (Lipinski definition) is 3. The summed E-state index contributed by atoms with van der Waals surface area (Å²) in [6, 6.07) is 0. The molecule has 1 fully saturated rings. The van der Waals surface area contributed by atoms with Gasteiger partial charge >= 0.3 is 47.4 Å². The number of rotatable bonds is 1. The van der Waals surface area contributed by atoms with Gasteiger partial charge in [-0.1, -0.05) is 6.58 Å². The van der Waals surface area contributed by atoms with Crippen molar-refractivity contribution < 1.29 is 81.6 Å². The Morgan fingerprint density at radius 1 is 0.633 bits per heavy atom. The Morgan fingerprint density at radius 2 is 0.867 bits per heavy atom. The van der Waals surface area contributed by atoms with Gasteiger partial charge in [0.15, 0.2) is 0 Å². The molecule has 0 amide bonds. The summed E-state index contributed by atoms with van der Waals surface area (Å²) in [6.07, 6.45) is -3.27. The molecule has 0 aromatic rings. The molecule has 0 atom stereocenters. The molecule has 1 aliphatic carbocycles. The smallest absolute Gasteiger partial charge is 0.384 e. The standard InChI is InChI=1S/C9H4F14O2.C3H4O2/c10-2(11)1-3(24,25)5(14,15)7(18,19)9(22,23)8(20,21)6(16,17)4(2,12)13;1-2-3(4)5/h24-25H,1H2;2H,1H2,(H,4,5). The SMILES string of the molecule is C=CC(=O)O.OC1(O)CC(F)(F)C(F)(F)C(F)(F)C(F)(F)C(F)(F)C(F)(F)C1(F)F. The lowest BCUT2D eigenvalue weighted by atomic mass is 9.91. The Hall–Kier alpha value is -1.85. The van der Waals surface area contributed by atoms with Crippen molar-refractivity contribution in [2.24, 2.45) is 0 Å². The number of alkyl halides is 14. The molecule has 0 radical (unpaired) electrons. The van der Waals surface area contributed by atoms with Crippen molar-refractivity contribution in [3.05, 3.63) is 12.7 Å². The van der Waals surface area contributed by atoms with Gasteiger partial charge in [-0.05, 0) is 0 Å². The topological polar surface area (TPSA) is 77.8 Å². The van der Waals surface area contributed by atoms with E-state index in [1.807, 2.05) is 0 Å². The molecule has 1 rings (SSSR count). The molecule has 1 aliphatic rings. The van der Waals surface area contributed by atoms with E-state index in [2.05, 4.69) is 6.58 Å². The van der Waals surface area contributed by atoms with Crippen LogP contribution in [0.15, 0.2) is 12.7 Å². The van der Waals surface area contributed by atoms with Crippen LogP contribution in [-0.2, 0) is 4.79 Å². The fraction of sp³-hybridized carbons (Fsp3) is 0.750. The summed E-state index contributed by atoms with van der Waals surface area (Å²) in [7, 11) is 0. The van der Waals surface area contributed by atoms with Crippen LogP contribution in [0.2, 0.25) is 0 Å². The summed E-state index contributed by atoms with van der Waals surface area (Å²) >= 11 is 0. The number of carbonyl (C=O) groups is 1. The van der Waals surface area contributed by atoms with Gasteiger partial charge in [0, 0.05) is 6.08 Å². The highest BCUT2D eigenvalue weighted by Gasteiger charge is 2.96. The number of hydrogen-bond donors (Lipinski definition) is 3. The Kier molecular flexibility index (Phi) is 6.66. The van der Waals surface area contributed by atoms with Crippen LogP contribution >= 0.6 is 0 Å². The maximum Gasteiger partial charge on any atom is 0.384 e. The fourth-order valence-corrected chi connectivity index (χ4v) is 1.80. The molecule has 0 saturated heterocycles. The molecule has 0 aromatic heterocycles. The number of carboxylic acid groups (broad SMARTS) is 1. The van der Waals surface area contributed by atoms with Gasteiger partial charge in [0.2, 0.25) is 5.79 Å². The molecule has 0 unspecified atom stereocenters. The van der Waals surface area contributed by atoms with Gasteiger partial charge in [0.05, 0.1) is 6.42 Å². The van der Waals surface area contributed by atoms with Crippen LogP contribution in [0.3, 0.4) is 0 Å². The molecule has 30 heavy (non-hydrogen) atoms. The largest absolute Gasteiger partial charge is 0.478 e. The third kappa shape index (κ3) is 3.46. The van der Waals surface area contributed by atoms with E-state index < -0.39 is 59.6 Å². The molecule has 4 nitrogen and oxygen atoms in total. The molecular weight excluding hydrogens is 474 g/mol. The van der Waals surface area contributed by atoms with Crippen LogP contribution in [0, 0.1) is 0 Å². The highest BCUT2D eigenvalue weighted by molar-refractivity contribution is 5.78. The van der Waals surface area contributed by atoms with E-state index in [0.29, 0.717) is 0 Å². The number of halogens is 14. The lowest BCUT2D eigenvalue weighted by molar-refractivity contribution is -0.446. The van der Waals surface area contributed by atoms with Gasteiger partial charge in [-0.25, -0.2) is 4.79 Å². The van der Waals surface area contributed by atoms with E-state index in [-0.39, 0.29) is 0 Å². The van der Waals surface area contributed by atoms with Gasteiger partial charge in [0.1, 0.15) is 0 Å². The van der Waals surface area contributed by atoms with Crippen molar-refractivity contribution in [2.75, 3.05) is 0 Å².